The van der Waals surface area contributed by atoms with E-state index in [1.165, 1.54) is 0 Å². The van der Waals surface area contributed by atoms with Crippen molar-refractivity contribution >= 4 is 5.91 Å². The van der Waals surface area contributed by atoms with Gasteiger partial charge in [-0.05, 0) is 26.2 Å². The van der Waals surface area contributed by atoms with Crippen LogP contribution in [0.3, 0.4) is 0 Å². The molecule has 108 valence electrons. The van der Waals surface area contributed by atoms with E-state index in [9.17, 15) is 4.79 Å². The van der Waals surface area contributed by atoms with E-state index in [0.717, 1.165) is 31.4 Å². The van der Waals surface area contributed by atoms with Crippen molar-refractivity contribution < 1.29 is 9.32 Å². The summed E-state index contributed by atoms with van der Waals surface area (Å²) in [6.45, 7) is 7.87. The van der Waals surface area contributed by atoms with Gasteiger partial charge in [0.15, 0.2) is 5.69 Å². The van der Waals surface area contributed by atoms with Gasteiger partial charge >= 0.3 is 0 Å². The minimum atomic E-state index is -0.0557. The number of hydrogen-bond acceptors (Lipinski definition) is 3. The van der Waals surface area contributed by atoms with Crippen LogP contribution in [-0.4, -0.2) is 28.0 Å². The maximum absolute atomic E-state index is 12.6. The van der Waals surface area contributed by atoms with Crippen molar-refractivity contribution in [1.29, 1.82) is 0 Å². The van der Waals surface area contributed by atoms with Gasteiger partial charge in [0.25, 0.3) is 5.91 Å². The van der Waals surface area contributed by atoms with Crippen molar-refractivity contribution in [3.63, 3.8) is 0 Å². The van der Waals surface area contributed by atoms with Crippen molar-refractivity contribution in [3.8, 4) is 0 Å². The van der Waals surface area contributed by atoms with E-state index in [2.05, 4.69) is 30.8 Å². The number of carbonyl (C=O) groups is 1. The Hall–Kier alpha value is -1.84. The van der Waals surface area contributed by atoms with Crippen molar-refractivity contribution in [3.05, 3.63) is 42.3 Å². The van der Waals surface area contributed by atoms with Crippen LogP contribution in [0.5, 0.6) is 0 Å². The fraction of sp³-hybridized carbons (Fsp3) is 0.500. The molecule has 0 bridgehead atoms. The molecule has 20 heavy (non-hydrogen) atoms. The van der Waals surface area contributed by atoms with Crippen LogP contribution < -0.4 is 0 Å². The first-order chi connectivity index (χ1) is 9.67. The Morgan fingerprint density at radius 3 is 3.15 bits per heavy atom. The predicted molar refractivity (Wildman–Crippen MR) is 78.5 cm³/mol. The molecule has 0 saturated heterocycles. The third-order valence-electron chi connectivity index (χ3n) is 3.60. The number of carbonyl (C=O) groups excluding carboxylic acids is 1. The molecule has 2 heterocycles. The topological polar surface area (TPSA) is 46.3 Å². The second-order valence-corrected chi connectivity index (χ2v) is 5.22. The summed E-state index contributed by atoms with van der Waals surface area (Å²) in [5.41, 5.74) is 0.407. The Morgan fingerprint density at radius 2 is 2.45 bits per heavy atom. The van der Waals surface area contributed by atoms with Gasteiger partial charge in [-0.2, -0.15) is 0 Å². The number of amides is 1. The standard InChI is InChI=1S/C16H22N2O2/c1-4-7-13-10-6-9-12(3)18(13)16(19)15-11-14(8-5-2)20-17-15/h4,6,9,11-13H,1,5,7-8,10H2,2-3H3/t12-,13-/m1/s1. The Labute approximate surface area is 120 Å². The first-order valence-corrected chi connectivity index (χ1v) is 7.23. The van der Waals surface area contributed by atoms with Gasteiger partial charge in [0.1, 0.15) is 5.76 Å². The Morgan fingerprint density at radius 1 is 1.65 bits per heavy atom. The van der Waals surface area contributed by atoms with Crippen LogP contribution in [0.25, 0.3) is 0 Å². The van der Waals surface area contributed by atoms with Gasteiger partial charge in [0, 0.05) is 24.6 Å². The highest BCUT2D eigenvalue weighted by atomic mass is 16.5. The van der Waals surface area contributed by atoms with Gasteiger partial charge in [-0.1, -0.05) is 30.3 Å². The lowest BCUT2D eigenvalue weighted by atomic mass is 9.99. The molecule has 0 aliphatic carbocycles. The van der Waals surface area contributed by atoms with Gasteiger partial charge in [0.2, 0.25) is 0 Å². The normalized spacial score (nSPS) is 22.0. The average molecular weight is 274 g/mol. The number of aromatic nitrogens is 1. The van der Waals surface area contributed by atoms with Gasteiger partial charge in [0.05, 0.1) is 0 Å². The molecule has 0 fully saturated rings. The maximum Gasteiger partial charge on any atom is 0.276 e. The van der Waals surface area contributed by atoms with E-state index >= 15 is 0 Å². The van der Waals surface area contributed by atoms with Gasteiger partial charge in [-0.25, -0.2) is 0 Å². The van der Waals surface area contributed by atoms with Crippen LogP contribution in [0.2, 0.25) is 0 Å². The van der Waals surface area contributed by atoms with Gasteiger partial charge in [-0.3, -0.25) is 4.79 Å². The molecule has 1 aliphatic heterocycles. The second kappa shape index (κ2) is 6.55. The van der Waals surface area contributed by atoms with Crippen molar-refractivity contribution in [2.45, 2.75) is 51.6 Å². The van der Waals surface area contributed by atoms with Crippen LogP contribution in [0.4, 0.5) is 0 Å². The quantitative estimate of drug-likeness (QED) is 0.773. The number of nitrogens with zero attached hydrogens (tertiary/aromatic N) is 2. The lowest BCUT2D eigenvalue weighted by Crippen LogP contribution is -2.47. The highest BCUT2D eigenvalue weighted by Gasteiger charge is 2.30. The smallest absolute Gasteiger partial charge is 0.276 e. The molecule has 0 saturated carbocycles. The molecule has 2 rings (SSSR count). The fourth-order valence-electron chi connectivity index (χ4n) is 2.63. The molecule has 1 aromatic rings. The molecule has 1 aliphatic rings. The first-order valence-electron chi connectivity index (χ1n) is 7.23. The Kier molecular flexibility index (Phi) is 4.77. The van der Waals surface area contributed by atoms with E-state index in [1.54, 1.807) is 6.07 Å². The van der Waals surface area contributed by atoms with E-state index in [-0.39, 0.29) is 18.0 Å². The van der Waals surface area contributed by atoms with Crippen LogP contribution in [0.1, 0.15) is 49.4 Å². The third kappa shape index (κ3) is 3.00. The summed E-state index contributed by atoms with van der Waals surface area (Å²) < 4.78 is 5.21. The molecule has 0 N–H and O–H groups in total. The number of hydrogen-bond donors (Lipinski definition) is 0. The highest BCUT2D eigenvalue weighted by molar-refractivity contribution is 5.93. The van der Waals surface area contributed by atoms with Gasteiger partial charge in [-0.15, -0.1) is 6.58 Å². The summed E-state index contributed by atoms with van der Waals surface area (Å²) in [7, 11) is 0. The SMILES string of the molecule is C=CC[C@@H]1CC=C[C@@H](C)N1C(=O)c1cc(CCC)on1. The molecule has 0 aromatic carbocycles. The van der Waals surface area contributed by atoms with Crippen LogP contribution >= 0.6 is 0 Å². The summed E-state index contributed by atoms with van der Waals surface area (Å²) in [5.74, 6) is 0.719. The van der Waals surface area contributed by atoms with E-state index in [4.69, 9.17) is 4.52 Å². The first kappa shape index (κ1) is 14.6. The molecule has 4 heteroatoms. The lowest BCUT2D eigenvalue weighted by molar-refractivity contribution is 0.0611. The summed E-state index contributed by atoms with van der Waals surface area (Å²) in [4.78, 5) is 14.5. The number of aryl methyl sites for hydroxylation is 1. The Bertz CT molecular complexity index is 504. The monoisotopic (exact) mass is 274 g/mol. The molecular weight excluding hydrogens is 252 g/mol. The van der Waals surface area contributed by atoms with Crippen LogP contribution in [0.15, 0.2) is 35.4 Å². The largest absolute Gasteiger partial charge is 0.361 e. The average Bonchev–Trinajstić information content (AvgIpc) is 2.88. The molecule has 1 aromatic heterocycles. The van der Waals surface area contributed by atoms with E-state index < -0.39 is 0 Å². The summed E-state index contributed by atoms with van der Waals surface area (Å²) in [6, 6.07) is 2.00. The van der Waals surface area contributed by atoms with Crippen molar-refractivity contribution in [2.24, 2.45) is 0 Å². The van der Waals surface area contributed by atoms with E-state index in [0.29, 0.717) is 5.69 Å². The second-order valence-electron chi connectivity index (χ2n) is 5.22. The van der Waals surface area contributed by atoms with Gasteiger partial charge < -0.3 is 9.42 Å². The molecular formula is C16H22N2O2. The third-order valence-corrected chi connectivity index (χ3v) is 3.60. The van der Waals surface area contributed by atoms with Crippen LogP contribution in [0, 0.1) is 0 Å². The van der Waals surface area contributed by atoms with Crippen LogP contribution in [-0.2, 0) is 6.42 Å². The number of rotatable bonds is 5. The fourth-order valence-corrected chi connectivity index (χ4v) is 2.63. The van der Waals surface area contributed by atoms with Crippen molar-refractivity contribution in [2.75, 3.05) is 0 Å². The zero-order valence-corrected chi connectivity index (χ0v) is 12.2. The Balaban J connectivity index is 2.19. The maximum atomic E-state index is 12.6. The summed E-state index contributed by atoms with van der Waals surface area (Å²) in [5, 5.41) is 3.92. The summed E-state index contributed by atoms with van der Waals surface area (Å²) in [6.07, 6.45) is 9.50. The summed E-state index contributed by atoms with van der Waals surface area (Å²) >= 11 is 0. The van der Waals surface area contributed by atoms with E-state index in [1.807, 2.05) is 17.9 Å². The lowest BCUT2D eigenvalue weighted by Gasteiger charge is -2.36. The molecule has 4 nitrogen and oxygen atoms in total. The molecule has 0 spiro atoms. The molecule has 2 atom stereocenters. The molecule has 0 radical (unpaired) electrons. The zero-order chi connectivity index (χ0) is 14.5. The van der Waals surface area contributed by atoms with Crippen molar-refractivity contribution in [1.82, 2.24) is 10.1 Å². The highest BCUT2D eigenvalue weighted by Crippen LogP contribution is 2.23. The predicted octanol–water partition coefficient (Wildman–Crippen LogP) is 3.36. The molecule has 0 unspecified atom stereocenters. The minimum Gasteiger partial charge on any atom is -0.361 e. The zero-order valence-electron chi connectivity index (χ0n) is 12.2. The minimum absolute atomic E-state index is 0.0557. The molecule has 1 amide bonds.